The van der Waals surface area contributed by atoms with E-state index in [2.05, 4.69) is 15.0 Å². The Balaban J connectivity index is 1.65. The van der Waals surface area contributed by atoms with Crippen molar-refractivity contribution in [2.75, 3.05) is 39.0 Å². The molecule has 0 radical (unpaired) electrons. The van der Waals surface area contributed by atoms with E-state index in [4.69, 9.17) is 25.8 Å². The van der Waals surface area contributed by atoms with Crippen LogP contribution in [0.25, 0.3) is 32.9 Å². The fourth-order valence-corrected chi connectivity index (χ4v) is 5.33. The summed E-state index contributed by atoms with van der Waals surface area (Å²) in [5.41, 5.74) is 0.790. The van der Waals surface area contributed by atoms with E-state index in [9.17, 15) is 9.18 Å². The molecule has 2 aromatic heterocycles. The number of anilines is 1. The zero-order valence-electron chi connectivity index (χ0n) is 21.8. The second-order valence-electron chi connectivity index (χ2n) is 9.28. The van der Waals surface area contributed by atoms with E-state index in [0.717, 1.165) is 0 Å². The van der Waals surface area contributed by atoms with Gasteiger partial charge in [0.15, 0.2) is 12.6 Å². The van der Waals surface area contributed by atoms with E-state index >= 15 is 4.39 Å². The maximum absolute atomic E-state index is 16.3. The zero-order valence-corrected chi connectivity index (χ0v) is 22.5. The van der Waals surface area contributed by atoms with Crippen molar-refractivity contribution >= 4 is 45.1 Å². The summed E-state index contributed by atoms with van der Waals surface area (Å²) in [5, 5.41) is 1.48. The van der Waals surface area contributed by atoms with Gasteiger partial charge < -0.3 is 19.1 Å². The number of carbonyl (C=O) groups excluding carboxylic acids is 1. The van der Waals surface area contributed by atoms with Crippen molar-refractivity contribution < 1.29 is 27.8 Å². The lowest BCUT2D eigenvalue weighted by atomic mass is 9.94. The lowest BCUT2D eigenvalue weighted by Crippen LogP contribution is -2.37. The number of fused-ring (bicyclic) bond motifs is 2. The van der Waals surface area contributed by atoms with Crippen LogP contribution < -0.4 is 9.64 Å². The second kappa shape index (κ2) is 11.2. The summed E-state index contributed by atoms with van der Waals surface area (Å²) in [6.45, 7) is 2.84. The average Bonchev–Trinajstić information content (AvgIpc) is 2.95. The van der Waals surface area contributed by atoms with Crippen LogP contribution in [0.2, 0.25) is 5.28 Å². The predicted molar refractivity (Wildman–Crippen MR) is 144 cm³/mol. The minimum Gasteiger partial charge on any atom is -0.469 e. The van der Waals surface area contributed by atoms with Crippen LogP contribution in [0, 0.1) is 17.6 Å². The Labute approximate surface area is 228 Å². The number of aryl methyl sites for hydroxylation is 1. The van der Waals surface area contributed by atoms with Gasteiger partial charge in [0.1, 0.15) is 28.6 Å². The van der Waals surface area contributed by atoms with Crippen LogP contribution in [-0.4, -0.2) is 55.0 Å². The van der Waals surface area contributed by atoms with Crippen molar-refractivity contribution in [1.29, 1.82) is 0 Å². The van der Waals surface area contributed by atoms with Gasteiger partial charge >= 0.3 is 5.97 Å². The van der Waals surface area contributed by atoms with Gasteiger partial charge in [-0.2, -0.15) is 4.98 Å². The summed E-state index contributed by atoms with van der Waals surface area (Å²) < 4.78 is 46.7. The number of rotatable bonds is 7. The van der Waals surface area contributed by atoms with Crippen molar-refractivity contribution in [3.63, 3.8) is 0 Å². The molecule has 39 heavy (non-hydrogen) atoms. The quantitative estimate of drug-likeness (QED) is 0.162. The highest BCUT2D eigenvalue weighted by atomic mass is 35.5. The van der Waals surface area contributed by atoms with Crippen LogP contribution in [0.5, 0.6) is 5.75 Å². The van der Waals surface area contributed by atoms with E-state index in [1.54, 1.807) is 18.2 Å². The van der Waals surface area contributed by atoms with E-state index in [0.29, 0.717) is 71.2 Å². The van der Waals surface area contributed by atoms with Crippen LogP contribution in [0.3, 0.4) is 0 Å². The maximum Gasteiger partial charge on any atom is 0.308 e. The number of pyridine rings is 1. The molecule has 0 spiro atoms. The number of hydrogen-bond acceptors (Lipinski definition) is 8. The van der Waals surface area contributed by atoms with Gasteiger partial charge in [-0.25, -0.2) is 13.8 Å². The van der Waals surface area contributed by atoms with Crippen molar-refractivity contribution in [3.05, 3.63) is 52.9 Å². The van der Waals surface area contributed by atoms with E-state index in [-0.39, 0.29) is 41.0 Å². The highest BCUT2D eigenvalue weighted by Crippen LogP contribution is 2.39. The number of benzene rings is 2. The predicted octanol–water partition coefficient (Wildman–Crippen LogP) is 5.71. The van der Waals surface area contributed by atoms with Gasteiger partial charge in [0.2, 0.25) is 5.28 Å². The first-order valence-electron chi connectivity index (χ1n) is 12.6. The van der Waals surface area contributed by atoms with Crippen molar-refractivity contribution in [2.45, 2.75) is 26.2 Å². The molecule has 2 aromatic carbocycles. The van der Waals surface area contributed by atoms with Crippen LogP contribution in [0.15, 0.2) is 30.5 Å². The summed E-state index contributed by atoms with van der Waals surface area (Å²) in [6, 6.07) is 6.39. The normalized spacial score (nSPS) is 14.3. The molecular weight excluding hydrogens is 530 g/mol. The number of carbonyl (C=O) groups is 1. The molecule has 0 N–H and O–H groups in total. The molecule has 0 unspecified atom stereocenters. The number of ether oxygens (including phenoxy) is 3. The highest BCUT2D eigenvalue weighted by Gasteiger charge is 2.28. The first kappa shape index (κ1) is 27.0. The van der Waals surface area contributed by atoms with E-state index in [1.807, 2.05) is 11.8 Å². The molecule has 1 aliphatic rings. The lowest BCUT2D eigenvalue weighted by molar-refractivity contribution is -0.146. The molecule has 1 fully saturated rings. The average molecular weight is 557 g/mol. The third-order valence-corrected chi connectivity index (χ3v) is 7.23. The van der Waals surface area contributed by atoms with Gasteiger partial charge in [0.25, 0.3) is 0 Å². The molecular formula is C28H27ClF2N4O4. The minimum absolute atomic E-state index is 0.00379. The Morgan fingerprint density at radius 3 is 2.62 bits per heavy atom. The largest absolute Gasteiger partial charge is 0.469 e. The fourth-order valence-electron chi connectivity index (χ4n) is 5.17. The van der Waals surface area contributed by atoms with Gasteiger partial charge in [-0.1, -0.05) is 13.0 Å². The lowest BCUT2D eigenvalue weighted by Gasteiger charge is -2.32. The molecule has 3 heterocycles. The number of halogens is 3. The molecule has 0 bridgehead atoms. The first-order valence-corrected chi connectivity index (χ1v) is 13.0. The molecule has 8 nitrogen and oxygen atoms in total. The van der Waals surface area contributed by atoms with Crippen LogP contribution in [-0.2, 0) is 20.7 Å². The molecule has 5 rings (SSSR count). The number of hydrogen-bond donors (Lipinski definition) is 0. The monoisotopic (exact) mass is 556 g/mol. The van der Waals surface area contributed by atoms with E-state index in [1.165, 1.54) is 26.5 Å². The minimum atomic E-state index is -0.709. The molecule has 0 amide bonds. The first-order chi connectivity index (χ1) is 18.9. The van der Waals surface area contributed by atoms with Crippen molar-refractivity contribution in [1.82, 2.24) is 15.0 Å². The van der Waals surface area contributed by atoms with Crippen molar-refractivity contribution in [2.24, 2.45) is 5.92 Å². The van der Waals surface area contributed by atoms with Gasteiger partial charge in [-0.3, -0.25) is 9.78 Å². The van der Waals surface area contributed by atoms with Gasteiger partial charge in [-0.15, -0.1) is 0 Å². The Morgan fingerprint density at radius 2 is 1.92 bits per heavy atom. The van der Waals surface area contributed by atoms with E-state index < -0.39 is 5.82 Å². The zero-order chi connectivity index (χ0) is 27.7. The topological polar surface area (TPSA) is 86.7 Å². The molecule has 0 atom stereocenters. The molecule has 4 aromatic rings. The number of methoxy groups -OCH3 is 2. The van der Waals surface area contributed by atoms with Crippen LogP contribution in [0.1, 0.15) is 25.3 Å². The Kier molecular flexibility index (Phi) is 7.76. The standard InChI is InChI=1S/C28H27ClF2N4O4/c1-4-18-21(30)6-5-16-11-17(39-14-37-2)12-19(22(16)18)24-23(31)25-20(13-32-24)26(34-28(29)33-25)35-9-7-15(8-10-35)27(36)38-3/h5-6,11-13,15H,4,7-10,14H2,1-3H3. The number of piperidine rings is 1. The van der Waals surface area contributed by atoms with Gasteiger partial charge in [-0.05, 0) is 65.4 Å². The second-order valence-corrected chi connectivity index (χ2v) is 9.62. The summed E-state index contributed by atoms with van der Waals surface area (Å²) in [7, 11) is 2.87. The smallest absolute Gasteiger partial charge is 0.308 e. The highest BCUT2D eigenvalue weighted by molar-refractivity contribution is 6.28. The van der Waals surface area contributed by atoms with Gasteiger partial charge in [0.05, 0.1) is 18.4 Å². The number of nitrogens with zero attached hydrogens (tertiary/aromatic N) is 4. The third-order valence-electron chi connectivity index (χ3n) is 7.06. The summed E-state index contributed by atoms with van der Waals surface area (Å²) >= 11 is 6.27. The summed E-state index contributed by atoms with van der Waals surface area (Å²) in [6.07, 6.45) is 3.03. The molecule has 0 aliphatic carbocycles. The third kappa shape index (κ3) is 5.06. The summed E-state index contributed by atoms with van der Waals surface area (Å²) in [4.78, 5) is 26.9. The molecule has 1 saturated heterocycles. The fraction of sp³-hybridized carbons (Fsp3) is 0.357. The molecule has 1 aliphatic heterocycles. The maximum atomic E-state index is 16.3. The van der Waals surface area contributed by atoms with Crippen LogP contribution >= 0.6 is 11.6 Å². The Morgan fingerprint density at radius 1 is 1.15 bits per heavy atom. The van der Waals surface area contributed by atoms with Crippen molar-refractivity contribution in [3.8, 4) is 17.0 Å². The Hall–Kier alpha value is -3.63. The summed E-state index contributed by atoms with van der Waals surface area (Å²) in [5.74, 6) is -0.687. The number of esters is 1. The molecule has 0 saturated carbocycles. The molecule has 204 valence electrons. The van der Waals surface area contributed by atoms with Crippen LogP contribution in [0.4, 0.5) is 14.6 Å². The van der Waals surface area contributed by atoms with Gasteiger partial charge in [0, 0.05) is 32.0 Å². The number of aromatic nitrogens is 3. The Bertz CT molecular complexity index is 1560. The SMILES string of the molecule is CCc1c(F)ccc2cc(OCOC)cc(-c3ncc4c(N5CCC(C(=O)OC)CC5)nc(Cl)nc4c3F)c12. The molecule has 11 heteroatoms.